The van der Waals surface area contributed by atoms with Crippen molar-refractivity contribution in [3.8, 4) is 0 Å². The second-order valence-corrected chi connectivity index (χ2v) is 6.85. The Labute approximate surface area is 166 Å². The number of aromatic nitrogens is 4. The summed E-state index contributed by atoms with van der Waals surface area (Å²) in [6.45, 7) is 0. The third-order valence-corrected chi connectivity index (χ3v) is 4.82. The van der Waals surface area contributed by atoms with Crippen molar-refractivity contribution in [2.45, 2.75) is 7.43 Å². The van der Waals surface area contributed by atoms with E-state index in [0.29, 0.717) is 11.3 Å². The maximum Gasteiger partial charge on any atom is 0.253 e. The Morgan fingerprint density at radius 3 is 2.31 bits per heavy atom. The first-order valence-corrected chi connectivity index (χ1v) is 8.80. The molecule has 0 aliphatic heterocycles. The molecule has 0 fully saturated rings. The molecule has 134 valence electrons. The zero-order chi connectivity index (χ0) is 18.0. The first kappa shape index (κ1) is 20.0. The van der Waals surface area contributed by atoms with Crippen LogP contribution in [0, 0.1) is 0 Å². The highest BCUT2D eigenvalue weighted by atomic mass is 79.9. The summed E-state index contributed by atoms with van der Waals surface area (Å²) in [6.07, 6.45) is 3.32. The zero-order valence-electron chi connectivity index (χ0n) is 13.0. The Morgan fingerprint density at radius 2 is 1.58 bits per heavy atom. The van der Waals surface area contributed by atoms with Gasteiger partial charge in [0.2, 0.25) is 0 Å². The number of pyridine rings is 4. The lowest BCUT2D eigenvalue weighted by Crippen LogP contribution is -2.16. The molecule has 0 radical (unpaired) electrons. The summed E-state index contributed by atoms with van der Waals surface area (Å²) in [4.78, 5) is 33.1. The lowest BCUT2D eigenvalue weighted by molar-refractivity contribution is 0.886. The number of rotatable bonds is 0. The smallest absolute Gasteiger partial charge is 0.253 e. The first-order chi connectivity index (χ1) is 12.0. The standard InChI is InChI=1S/C9H7BrN2O.C8H5BrN2O.CH4/c1-12-8(13)5-7(10)6-3-2-4-11-9(6)12;9-6-4-7(12)11-8-5(6)2-1-3-10-8;/h2-5H,1H3;1-4H,(H,10,11,12);1H4. The monoisotopic (exact) mass is 478 g/mol. The molecule has 4 aromatic rings. The van der Waals surface area contributed by atoms with Crippen LogP contribution in [-0.4, -0.2) is 19.5 Å². The summed E-state index contributed by atoms with van der Waals surface area (Å²) >= 11 is 6.62. The van der Waals surface area contributed by atoms with Crippen molar-refractivity contribution in [3.63, 3.8) is 0 Å². The van der Waals surface area contributed by atoms with Crippen LogP contribution >= 0.6 is 31.9 Å². The molecule has 1 N–H and O–H groups in total. The molecule has 0 amide bonds. The molecule has 0 aliphatic carbocycles. The van der Waals surface area contributed by atoms with E-state index in [1.807, 2.05) is 24.3 Å². The Morgan fingerprint density at radius 1 is 0.962 bits per heavy atom. The van der Waals surface area contributed by atoms with Crippen molar-refractivity contribution < 1.29 is 0 Å². The molecule has 6 nitrogen and oxygen atoms in total. The fraction of sp³-hybridized carbons (Fsp3) is 0.111. The number of fused-ring (bicyclic) bond motifs is 2. The predicted octanol–water partition coefficient (Wildman–Crippen LogP) is 4.02. The van der Waals surface area contributed by atoms with Gasteiger partial charge in [-0.05, 0) is 56.1 Å². The molecule has 0 aliphatic rings. The summed E-state index contributed by atoms with van der Waals surface area (Å²) in [7, 11) is 1.71. The van der Waals surface area contributed by atoms with E-state index in [2.05, 4.69) is 46.8 Å². The van der Waals surface area contributed by atoms with E-state index in [4.69, 9.17) is 0 Å². The molecule has 4 rings (SSSR count). The highest BCUT2D eigenvalue weighted by Gasteiger charge is 2.03. The number of hydrogen-bond donors (Lipinski definition) is 1. The van der Waals surface area contributed by atoms with Gasteiger partial charge in [0.1, 0.15) is 11.3 Å². The lowest BCUT2D eigenvalue weighted by Gasteiger charge is -2.03. The van der Waals surface area contributed by atoms with Gasteiger partial charge in [-0.2, -0.15) is 0 Å². The van der Waals surface area contributed by atoms with Crippen LogP contribution in [0.25, 0.3) is 22.1 Å². The number of nitrogens with one attached hydrogen (secondary N) is 1. The van der Waals surface area contributed by atoms with Crippen molar-refractivity contribution in [3.05, 3.63) is 78.4 Å². The van der Waals surface area contributed by atoms with Crippen LogP contribution in [0.1, 0.15) is 7.43 Å². The minimum absolute atomic E-state index is 0. The predicted molar refractivity (Wildman–Crippen MR) is 111 cm³/mol. The summed E-state index contributed by atoms with van der Waals surface area (Å²) in [6, 6.07) is 10.5. The molecular weight excluding hydrogens is 464 g/mol. The Kier molecular flexibility index (Phi) is 6.44. The maximum absolute atomic E-state index is 11.3. The lowest BCUT2D eigenvalue weighted by atomic mass is 10.3. The topological polar surface area (TPSA) is 80.6 Å². The van der Waals surface area contributed by atoms with Crippen molar-refractivity contribution in [2.24, 2.45) is 7.05 Å². The first-order valence-electron chi connectivity index (χ1n) is 7.21. The number of halogens is 2. The largest absolute Gasteiger partial charge is 0.307 e. The third-order valence-electron chi connectivity index (χ3n) is 3.51. The maximum atomic E-state index is 11.3. The van der Waals surface area contributed by atoms with E-state index in [1.165, 1.54) is 10.6 Å². The van der Waals surface area contributed by atoms with Crippen molar-refractivity contribution >= 4 is 53.9 Å². The van der Waals surface area contributed by atoms with E-state index in [-0.39, 0.29) is 18.5 Å². The molecular formula is C18H16Br2N4O2. The number of aromatic amines is 1. The van der Waals surface area contributed by atoms with Gasteiger partial charge in [-0.25, -0.2) is 9.97 Å². The summed E-state index contributed by atoms with van der Waals surface area (Å²) in [5.41, 5.74) is 1.10. The van der Waals surface area contributed by atoms with Crippen molar-refractivity contribution in [1.82, 2.24) is 19.5 Å². The average Bonchev–Trinajstić information content (AvgIpc) is 2.60. The van der Waals surface area contributed by atoms with Crippen LogP contribution in [0.5, 0.6) is 0 Å². The van der Waals surface area contributed by atoms with Crippen molar-refractivity contribution in [1.29, 1.82) is 0 Å². The molecule has 8 heteroatoms. The number of aryl methyl sites for hydroxylation is 1. The molecule has 4 aromatic heterocycles. The average molecular weight is 480 g/mol. The fourth-order valence-corrected chi connectivity index (χ4v) is 3.31. The van der Waals surface area contributed by atoms with Gasteiger partial charge < -0.3 is 4.98 Å². The molecule has 0 bridgehead atoms. The van der Waals surface area contributed by atoms with E-state index < -0.39 is 0 Å². The van der Waals surface area contributed by atoms with E-state index >= 15 is 0 Å². The van der Waals surface area contributed by atoms with E-state index in [9.17, 15) is 9.59 Å². The second-order valence-electron chi connectivity index (χ2n) is 5.15. The van der Waals surface area contributed by atoms with Crippen LogP contribution in [-0.2, 0) is 7.05 Å². The Hall–Kier alpha value is -2.32. The second kappa shape index (κ2) is 8.37. The van der Waals surface area contributed by atoms with E-state index in [1.54, 1.807) is 25.5 Å². The van der Waals surface area contributed by atoms with Crippen LogP contribution in [0.3, 0.4) is 0 Å². The Balaban J connectivity index is 0.000000180. The highest BCUT2D eigenvalue weighted by molar-refractivity contribution is 9.11. The van der Waals surface area contributed by atoms with Crippen LogP contribution in [0.2, 0.25) is 0 Å². The molecule has 26 heavy (non-hydrogen) atoms. The summed E-state index contributed by atoms with van der Waals surface area (Å²) in [5.74, 6) is 0. The number of nitrogens with zero attached hydrogens (tertiary/aromatic N) is 3. The highest BCUT2D eigenvalue weighted by Crippen LogP contribution is 2.19. The van der Waals surface area contributed by atoms with Gasteiger partial charge >= 0.3 is 0 Å². The summed E-state index contributed by atoms with van der Waals surface area (Å²) in [5, 5.41) is 1.86. The molecule has 0 aromatic carbocycles. The van der Waals surface area contributed by atoms with Gasteiger partial charge in [0, 0.05) is 51.3 Å². The van der Waals surface area contributed by atoms with Crippen LogP contribution in [0.15, 0.2) is 67.3 Å². The molecule has 0 spiro atoms. The zero-order valence-corrected chi connectivity index (χ0v) is 16.2. The minimum Gasteiger partial charge on any atom is -0.307 e. The van der Waals surface area contributed by atoms with Gasteiger partial charge in [-0.1, -0.05) is 7.43 Å². The van der Waals surface area contributed by atoms with Gasteiger partial charge in [-0.3, -0.25) is 14.2 Å². The van der Waals surface area contributed by atoms with Gasteiger partial charge in [-0.15, -0.1) is 0 Å². The molecule has 0 saturated carbocycles. The molecule has 0 unspecified atom stereocenters. The number of hydrogen-bond acceptors (Lipinski definition) is 4. The number of H-pyrrole nitrogens is 1. The Bertz CT molecular complexity index is 1190. The molecule has 0 saturated heterocycles. The molecule has 0 atom stereocenters. The normalized spacial score (nSPS) is 10.1. The SMILES string of the molecule is C.Cn1c(=O)cc(Br)c2cccnc21.O=c1cc(Br)c2cccnc2[nH]1. The van der Waals surface area contributed by atoms with Gasteiger partial charge in [0.15, 0.2) is 0 Å². The minimum atomic E-state index is -0.145. The van der Waals surface area contributed by atoms with Crippen LogP contribution < -0.4 is 11.1 Å². The summed E-state index contributed by atoms with van der Waals surface area (Å²) < 4.78 is 3.09. The van der Waals surface area contributed by atoms with Gasteiger partial charge in [0.05, 0.1) is 0 Å². The fourth-order valence-electron chi connectivity index (χ4n) is 2.28. The van der Waals surface area contributed by atoms with Crippen LogP contribution in [0.4, 0.5) is 0 Å². The van der Waals surface area contributed by atoms with Crippen molar-refractivity contribution in [2.75, 3.05) is 0 Å². The van der Waals surface area contributed by atoms with E-state index in [0.717, 1.165) is 19.7 Å². The quantitative estimate of drug-likeness (QED) is 0.413. The van der Waals surface area contributed by atoms with Gasteiger partial charge in [0.25, 0.3) is 11.1 Å². The third kappa shape index (κ3) is 4.08. The molecule has 4 heterocycles.